The molecule has 0 amide bonds. The van der Waals surface area contributed by atoms with Crippen molar-refractivity contribution in [3.8, 4) is 5.75 Å². The second-order valence-electron chi connectivity index (χ2n) is 5.43. The van der Waals surface area contributed by atoms with E-state index >= 15 is 0 Å². The van der Waals surface area contributed by atoms with Crippen LogP contribution in [0.15, 0.2) is 24.3 Å². The van der Waals surface area contributed by atoms with E-state index in [0.29, 0.717) is 12.4 Å². The molecule has 0 spiro atoms. The first-order valence-electron chi connectivity index (χ1n) is 7.58. The van der Waals surface area contributed by atoms with Gasteiger partial charge < -0.3 is 20.1 Å². The van der Waals surface area contributed by atoms with Crippen molar-refractivity contribution in [2.24, 2.45) is 5.92 Å². The molecule has 1 fully saturated rings. The summed E-state index contributed by atoms with van der Waals surface area (Å²) >= 11 is 0. The molecule has 21 heavy (non-hydrogen) atoms. The van der Waals surface area contributed by atoms with E-state index in [1.54, 1.807) is 24.3 Å². The number of nitrogens with one attached hydrogen (secondary N) is 1. The summed E-state index contributed by atoms with van der Waals surface area (Å²) in [4.78, 5) is 13.2. The quantitative estimate of drug-likeness (QED) is 0.714. The number of rotatable bonds is 8. The summed E-state index contributed by atoms with van der Waals surface area (Å²) in [7, 11) is 0. The molecule has 0 bridgehead atoms. The monoisotopic (exact) mass is 292 g/mol. The molecule has 0 aliphatic carbocycles. The lowest BCUT2D eigenvalue weighted by Crippen LogP contribution is -2.29. The number of aromatic carboxylic acids is 1. The molecule has 1 atom stereocenters. The van der Waals surface area contributed by atoms with Gasteiger partial charge in [-0.05, 0) is 56.2 Å². The van der Waals surface area contributed by atoms with Crippen LogP contribution >= 0.6 is 0 Å². The number of carbonyl (C=O) groups is 1. The molecule has 1 aliphatic heterocycles. The zero-order chi connectivity index (χ0) is 15.1. The van der Waals surface area contributed by atoms with Gasteiger partial charge in [0.25, 0.3) is 0 Å². The maximum atomic E-state index is 10.7. The predicted molar refractivity (Wildman–Crippen MR) is 82.0 cm³/mol. The van der Waals surface area contributed by atoms with Gasteiger partial charge in [-0.25, -0.2) is 4.79 Å². The molecule has 0 aromatic heterocycles. The maximum Gasteiger partial charge on any atom is 0.335 e. The lowest BCUT2D eigenvalue weighted by molar-refractivity contribution is 0.0697. The van der Waals surface area contributed by atoms with Crippen LogP contribution in [-0.4, -0.2) is 55.3 Å². The van der Waals surface area contributed by atoms with E-state index in [9.17, 15) is 4.79 Å². The van der Waals surface area contributed by atoms with E-state index < -0.39 is 5.97 Å². The number of ether oxygens (including phenoxy) is 1. The van der Waals surface area contributed by atoms with Gasteiger partial charge in [0.15, 0.2) is 0 Å². The Morgan fingerprint density at radius 3 is 2.81 bits per heavy atom. The normalized spacial score (nSPS) is 18.8. The summed E-state index contributed by atoms with van der Waals surface area (Å²) < 4.78 is 5.58. The molecule has 1 aromatic rings. The van der Waals surface area contributed by atoms with Crippen molar-refractivity contribution in [1.82, 2.24) is 10.2 Å². The summed E-state index contributed by atoms with van der Waals surface area (Å²) in [6.07, 6.45) is 1.28. The summed E-state index contributed by atoms with van der Waals surface area (Å²) in [5.41, 5.74) is 0.280. The molecule has 2 rings (SSSR count). The van der Waals surface area contributed by atoms with Crippen LogP contribution in [-0.2, 0) is 0 Å². The van der Waals surface area contributed by atoms with Gasteiger partial charge in [0.2, 0.25) is 0 Å². The van der Waals surface area contributed by atoms with Gasteiger partial charge >= 0.3 is 5.97 Å². The van der Waals surface area contributed by atoms with Crippen LogP contribution in [0.1, 0.15) is 23.7 Å². The highest BCUT2D eigenvalue weighted by Crippen LogP contribution is 2.14. The van der Waals surface area contributed by atoms with Crippen molar-refractivity contribution < 1.29 is 14.6 Å². The Balaban J connectivity index is 1.58. The summed E-state index contributed by atoms with van der Waals surface area (Å²) in [6.45, 7) is 8.21. The van der Waals surface area contributed by atoms with Crippen molar-refractivity contribution in [1.29, 1.82) is 0 Å². The third-order valence-corrected chi connectivity index (χ3v) is 3.90. The van der Waals surface area contributed by atoms with Gasteiger partial charge in [-0.15, -0.1) is 0 Å². The third-order valence-electron chi connectivity index (χ3n) is 3.90. The maximum absolute atomic E-state index is 10.7. The average Bonchev–Trinajstić information content (AvgIpc) is 2.95. The van der Waals surface area contributed by atoms with E-state index in [-0.39, 0.29) is 5.56 Å². The summed E-state index contributed by atoms with van der Waals surface area (Å²) in [6, 6.07) is 6.50. The molecule has 116 valence electrons. The minimum Gasteiger partial charge on any atom is -0.492 e. The van der Waals surface area contributed by atoms with Crippen molar-refractivity contribution in [2.45, 2.75) is 13.3 Å². The van der Waals surface area contributed by atoms with Gasteiger partial charge in [0, 0.05) is 13.1 Å². The first kappa shape index (κ1) is 15.8. The highest BCUT2D eigenvalue weighted by atomic mass is 16.5. The summed E-state index contributed by atoms with van der Waals surface area (Å²) in [5, 5.41) is 12.2. The van der Waals surface area contributed by atoms with Crippen LogP contribution < -0.4 is 10.1 Å². The van der Waals surface area contributed by atoms with Crippen molar-refractivity contribution in [3.05, 3.63) is 29.8 Å². The fourth-order valence-electron chi connectivity index (χ4n) is 2.61. The van der Waals surface area contributed by atoms with E-state index in [4.69, 9.17) is 9.84 Å². The zero-order valence-electron chi connectivity index (χ0n) is 12.5. The lowest BCUT2D eigenvalue weighted by Gasteiger charge is -2.14. The van der Waals surface area contributed by atoms with Crippen LogP contribution in [0.25, 0.3) is 0 Å². The molecule has 2 N–H and O–H groups in total. The number of nitrogens with zero attached hydrogens (tertiary/aromatic N) is 1. The van der Waals surface area contributed by atoms with Gasteiger partial charge in [-0.3, -0.25) is 0 Å². The lowest BCUT2D eigenvalue weighted by atomic mass is 10.1. The Morgan fingerprint density at radius 1 is 1.43 bits per heavy atom. The molecule has 0 radical (unpaired) electrons. The number of hydrogen-bond acceptors (Lipinski definition) is 4. The smallest absolute Gasteiger partial charge is 0.335 e. The van der Waals surface area contributed by atoms with Crippen LogP contribution in [0.4, 0.5) is 0 Å². The molecule has 1 unspecified atom stereocenters. The highest BCUT2D eigenvalue weighted by Gasteiger charge is 2.20. The van der Waals surface area contributed by atoms with E-state index in [0.717, 1.165) is 25.6 Å². The van der Waals surface area contributed by atoms with Crippen LogP contribution in [0.2, 0.25) is 0 Å². The Bertz CT molecular complexity index is 447. The number of carboxylic acid groups (broad SMARTS) is 1. The predicted octanol–water partition coefficient (Wildman–Crippen LogP) is 1.69. The number of carboxylic acids is 1. The minimum absolute atomic E-state index is 0.280. The molecular weight excluding hydrogens is 268 g/mol. The Hall–Kier alpha value is -1.59. The molecule has 5 nitrogen and oxygen atoms in total. The van der Waals surface area contributed by atoms with Crippen molar-refractivity contribution >= 4 is 5.97 Å². The third kappa shape index (κ3) is 5.02. The minimum atomic E-state index is -0.916. The number of hydrogen-bond donors (Lipinski definition) is 2. The first-order chi connectivity index (χ1) is 10.2. The largest absolute Gasteiger partial charge is 0.492 e. The van der Waals surface area contributed by atoms with Crippen LogP contribution in [0.3, 0.4) is 0 Å². The fourth-order valence-corrected chi connectivity index (χ4v) is 2.61. The zero-order valence-corrected chi connectivity index (χ0v) is 12.5. The number of likely N-dealkylation sites (tertiary alicyclic amines) is 1. The van der Waals surface area contributed by atoms with E-state index in [2.05, 4.69) is 17.1 Å². The molecular formula is C16H24N2O3. The Morgan fingerprint density at radius 2 is 2.19 bits per heavy atom. The van der Waals surface area contributed by atoms with Crippen molar-refractivity contribution in [2.75, 3.05) is 39.3 Å². The molecule has 1 heterocycles. The Labute approximate surface area is 125 Å². The molecule has 1 aromatic carbocycles. The molecule has 1 aliphatic rings. The second-order valence-corrected chi connectivity index (χ2v) is 5.43. The summed E-state index contributed by atoms with van der Waals surface area (Å²) in [5.74, 6) is 0.542. The van der Waals surface area contributed by atoms with Gasteiger partial charge in [-0.1, -0.05) is 6.92 Å². The second kappa shape index (κ2) is 8.00. The van der Waals surface area contributed by atoms with Gasteiger partial charge in [0.1, 0.15) is 12.4 Å². The highest BCUT2D eigenvalue weighted by molar-refractivity contribution is 5.87. The molecule has 1 saturated heterocycles. The Kier molecular flexibility index (Phi) is 6.02. The van der Waals surface area contributed by atoms with E-state index in [1.807, 2.05) is 0 Å². The first-order valence-corrected chi connectivity index (χ1v) is 7.58. The topological polar surface area (TPSA) is 61.8 Å². The average molecular weight is 292 g/mol. The van der Waals surface area contributed by atoms with Crippen LogP contribution in [0, 0.1) is 5.92 Å². The van der Waals surface area contributed by atoms with E-state index in [1.165, 1.54) is 19.5 Å². The fraction of sp³-hybridized carbons (Fsp3) is 0.562. The molecule has 0 saturated carbocycles. The number of benzene rings is 1. The standard InChI is InChI=1S/C16H24N2O3/c1-2-18-9-7-13(12-18)11-17-8-10-21-15-5-3-14(4-6-15)16(19)20/h3-6,13,17H,2,7-12H2,1H3,(H,19,20). The molecule has 5 heteroatoms. The van der Waals surface area contributed by atoms with Crippen LogP contribution in [0.5, 0.6) is 5.75 Å². The van der Waals surface area contributed by atoms with Gasteiger partial charge in [-0.2, -0.15) is 0 Å². The van der Waals surface area contributed by atoms with Crippen molar-refractivity contribution in [3.63, 3.8) is 0 Å². The van der Waals surface area contributed by atoms with Gasteiger partial charge in [0.05, 0.1) is 5.56 Å². The SMILES string of the molecule is CCN1CCC(CNCCOc2ccc(C(=O)O)cc2)C1.